The van der Waals surface area contributed by atoms with Crippen molar-refractivity contribution in [3.05, 3.63) is 20.8 Å². The van der Waals surface area contributed by atoms with Crippen molar-refractivity contribution in [2.24, 2.45) is 5.92 Å². The molecular weight excluding hydrogens is 282 g/mol. The molecule has 0 saturated heterocycles. The molecule has 0 saturated carbocycles. The minimum Gasteiger partial charge on any atom is -0.468 e. The zero-order valence-electron chi connectivity index (χ0n) is 11.5. The highest BCUT2D eigenvalue weighted by atomic mass is 35.5. The molecule has 2 unspecified atom stereocenters. The predicted octanol–water partition coefficient (Wildman–Crippen LogP) is 3.57. The normalized spacial score (nSPS) is 20.2. The van der Waals surface area contributed by atoms with Gasteiger partial charge in [-0.25, -0.2) is 0 Å². The molecule has 1 aliphatic carbocycles. The Balaban J connectivity index is 2.16. The number of hydrogen-bond acceptors (Lipinski definition) is 4. The second-order valence-corrected chi connectivity index (χ2v) is 7.05. The van der Waals surface area contributed by atoms with Gasteiger partial charge < -0.3 is 4.74 Å². The molecule has 2 atom stereocenters. The van der Waals surface area contributed by atoms with E-state index in [4.69, 9.17) is 16.3 Å². The topological polar surface area (TPSA) is 38.3 Å². The Labute approximate surface area is 123 Å². The molecule has 5 heteroatoms. The summed E-state index contributed by atoms with van der Waals surface area (Å²) in [5.74, 6) is 0.00961. The Morgan fingerprint density at radius 2 is 2.32 bits per heavy atom. The average molecular weight is 302 g/mol. The monoisotopic (exact) mass is 301 g/mol. The first-order valence-electron chi connectivity index (χ1n) is 6.65. The third-order valence-electron chi connectivity index (χ3n) is 3.59. The average Bonchev–Trinajstić information content (AvgIpc) is 2.75. The minimum absolute atomic E-state index is 0.191. The molecule has 0 bridgehead atoms. The third-order valence-corrected chi connectivity index (χ3v) is 4.93. The van der Waals surface area contributed by atoms with Crippen LogP contribution in [0.25, 0.3) is 0 Å². The van der Waals surface area contributed by atoms with Gasteiger partial charge in [0.2, 0.25) is 0 Å². The van der Waals surface area contributed by atoms with Crippen molar-refractivity contribution in [3.63, 3.8) is 0 Å². The minimum atomic E-state index is -0.264. The van der Waals surface area contributed by atoms with E-state index in [0.29, 0.717) is 0 Å². The van der Waals surface area contributed by atoms with Crippen molar-refractivity contribution in [3.8, 4) is 0 Å². The van der Waals surface area contributed by atoms with Gasteiger partial charge in [-0.15, -0.1) is 11.3 Å². The molecule has 0 aliphatic heterocycles. The van der Waals surface area contributed by atoms with Crippen LogP contribution in [0, 0.1) is 5.92 Å². The number of thiophene rings is 1. The van der Waals surface area contributed by atoms with Crippen LogP contribution in [0.5, 0.6) is 0 Å². The second-order valence-electron chi connectivity index (χ2n) is 5.29. The standard InChI is InChI=1S/C14H20ClNO2S/c1-8(2)13(14(17)18-3)16-10-5-4-6-11-9(10)7-12(15)19-11/h7-8,10,13,16H,4-6H2,1-3H3. The molecule has 0 radical (unpaired) electrons. The molecule has 106 valence electrons. The summed E-state index contributed by atoms with van der Waals surface area (Å²) in [6, 6.07) is 1.98. The van der Waals surface area contributed by atoms with E-state index in [2.05, 4.69) is 5.32 Å². The highest BCUT2D eigenvalue weighted by Crippen LogP contribution is 2.38. The van der Waals surface area contributed by atoms with E-state index in [1.807, 2.05) is 19.9 Å². The third kappa shape index (κ3) is 3.30. The van der Waals surface area contributed by atoms with Gasteiger partial charge in [-0.05, 0) is 36.8 Å². The van der Waals surface area contributed by atoms with E-state index in [9.17, 15) is 4.79 Å². The number of fused-ring (bicyclic) bond motifs is 1. The smallest absolute Gasteiger partial charge is 0.323 e. The van der Waals surface area contributed by atoms with Crippen LogP contribution in [0.3, 0.4) is 0 Å². The molecule has 0 amide bonds. The number of esters is 1. The number of rotatable bonds is 4. The molecule has 0 aromatic carbocycles. The number of carbonyl (C=O) groups is 1. The Hall–Kier alpha value is -0.580. The van der Waals surface area contributed by atoms with Crippen LogP contribution >= 0.6 is 22.9 Å². The molecule has 1 aromatic rings. The molecule has 0 fully saturated rings. The number of nitrogens with one attached hydrogen (secondary N) is 1. The Morgan fingerprint density at radius 1 is 1.58 bits per heavy atom. The van der Waals surface area contributed by atoms with E-state index < -0.39 is 0 Å². The lowest BCUT2D eigenvalue weighted by molar-refractivity contribution is -0.144. The summed E-state index contributed by atoms with van der Waals surface area (Å²) in [7, 11) is 1.44. The number of halogens is 1. The maximum atomic E-state index is 11.8. The van der Waals surface area contributed by atoms with E-state index in [1.54, 1.807) is 11.3 Å². The highest BCUT2D eigenvalue weighted by Gasteiger charge is 2.29. The first-order chi connectivity index (χ1) is 9.02. The Bertz CT molecular complexity index is 458. The summed E-state index contributed by atoms with van der Waals surface area (Å²) in [4.78, 5) is 13.2. The van der Waals surface area contributed by atoms with Crippen LogP contribution in [0.1, 0.15) is 43.2 Å². The zero-order chi connectivity index (χ0) is 14.0. The number of methoxy groups -OCH3 is 1. The van der Waals surface area contributed by atoms with Crippen molar-refractivity contribution >= 4 is 28.9 Å². The van der Waals surface area contributed by atoms with Crippen molar-refractivity contribution in [1.82, 2.24) is 5.32 Å². The first-order valence-corrected chi connectivity index (χ1v) is 7.84. The van der Waals surface area contributed by atoms with E-state index >= 15 is 0 Å². The van der Waals surface area contributed by atoms with Crippen LogP contribution in [0.2, 0.25) is 4.34 Å². The van der Waals surface area contributed by atoms with Crippen molar-refractivity contribution in [2.45, 2.75) is 45.2 Å². The van der Waals surface area contributed by atoms with E-state index in [0.717, 1.165) is 23.6 Å². The lowest BCUT2D eigenvalue weighted by Gasteiger charge is -2.29. The summed E-state index contributed by atoms with van der Waals surface area (Å²) < 4.78 is 5.71. The quantitative estimate of drug-likeness (QED) is 0.864. The SMILES string of the molecule is COC(=O)C(NC1CCCc2sc(Cl)cc21)C(C)C. The fourth-order valence-electron chi connectivity index (χ4n) is 2.57. The van der Waals surface area contributed by atoms with Gasteiger partial charge in [-0.1, -0.05) is 25.4 Å². The van der Waals surface area contributed by atoms with Gasteiger partial charge >= 0.3 is 5.97 Å². The van der Waals surface area contributed by atoms with Crippen LogP contribution in [0.4, 0.5) is 0 Å². The Morgan fingerprint density at radius 3 is 2.95 bits per heavy atom. The zero-order valence-corrected chi connectivity index (χ0v) is 13.1. The lowest BCUT2D eigenvalue weighted by Crippen LogP contribution is -2.44. The largest absolute Gasteiger partial charge is 0.468 e. The van der Waals surface area contributed by atoms with Crippen LogP contribution in [0.15, 0.2) is 6.07 Å². The molecule has 1 aliphatic rings. The van der Waals surface area contributed by atoms with Crippen molar-refractivity contribution < 1.29 is 9.53 Å². The van der Waals surface area contributed by atoms with Gasteiger partial charge in [0.15, 0.2) is 0 Å². The Kier molecular flexibility index (Phi) is 4.87. The van der Waals surface area contributed by atoms with Gasteiger partial charge in [-0.3, -0.25) is 10.1 Å². The van der Waals surface area contributed by atoms with Gasteiger partial charge in [-0.2, -0.15) is 0 Å². The number of carbonyl (C=O) groups excluding carboxylic acids is 1. The summed E-state index contributed by atoms with van der Waals surface area (Å²) in [5, 5.41) is 3.45. The predicted molar refractivity (Wildman–Crippen MR) is 78.8 cm³/mol. The molecule has 19 heavy (non-hydrogen) atoms. The molecule has 3 nitrogen and oxygen atoms in total. The molecule has 0 spiro atoms. The summed E-state index contributed by atoms with van der Waals surface area (Å²) in [6.07, 6.45) is 3.27. The van der Waals surface area contributed by atoms with Crippen molar-refractivity contribution in [2.75, 3.05) is 7.11 Å². The van der Waals surface area contributed by atoms with E-state index in [-0.39, 0.29) is 24.0 Å². The number of aryl methyl sites for hydroxylation is 1. The van der Waals surface area contributed by atoms with Gasteiger partial charge in [0.25, 0.3) is 0 Å². The summed E-state index contributed by atoms with van der Waals surface area (Å²) in [6.45, 7) is 4.05. The molecule has 1 aromatic heterocycles. The highest BCUT2D eigenvalue weighted by molar-refractivity contribution is 7.16. The summed E-state index contributed by atoms with van der Waals surface area (Å²) in [5.41, 5.74) is 1.26. The molecule has 2 rings (SSSR count). The van der Waals surface area contributed by atoms with Crippen LogP contribution in [-0.4, -0.2) is 19.1 Å². The first kappa shape index (κ1) is 14.8. The number of ether oxygens (including phenoxy) is 1. The maximum Gasteiger partial charge on any atom is 0.323 e. The van der Waals surface area contributed by atoms with Crippen LogP contribution < -0.4 is 5.32 Å². The molecular formula is C14H20ClNO2S. The molecule has 1 heterocycles. The van der Waals surface area contributed by atoms with Gasteiger partial charge in [0.05, 0.1) is 11.4 Å². The summed E-state index contributed by atoms with van der Waals surface area (Å²) >= 11 is 7.76. The second kappa shape index (κ2) is 6.25. The number of hydrogen-bond donors (Lipinski definition) is 1. The molecule has 1 N–H and O–H groups in total. The van der Waals surface area contributed by atoms with Crippen LogP contribution in [-0.2, 0) is 16.0 Å². The fourth-order valence-corrected chi connectivity index (χ4v) is 3.95. The lowest BCUT2D eigenvalue weighted by atomic mass is 9.92. The van der Waals surface area contributed by atoms with E-state index in [1.165, 1.54) is 17.6 Å². The van der Waals surface area contributed by atoms with Crippen molar-refractivity contribution in [1.29, 1.82) is 0 Å². The van der Waals surface area contributed by atoms with Gasteiger partial charge in [0.1, 0.15) is 6.04 Å². The van der Waals surface area contributed by atoms with Gasteiger partial charge in [0, 0.05) is 10.9 Å². The maximum absolute atomic E-state index is 11.8. The fraction of sp³-hybridized carbons (Fsp3) is 0.643.